The van der Waals surface area contributed by atoms with E-state index in [0.29, 0.717) is 17.2 Å². The Morgan fingerprint density at radius 3 is 2.55 bits per heavy atom. The van der Waals surface area contributed by atoms with Gasteiger partial charge in [-0.3, -0.25) is 9.59 Å². The van der Waals surface area contributed by atoms with Gasteiger partial charge in [-0.25, -0.2) is 0 Å². The molecule has 0 radical (unpaired) electrons. The summed E-state index contributed by atoms with van der Waals surface area (Å²) in [5, 5.41) is 9.15. The SMILES string of the molecule is Cc1cc(C(=O)N(C)C2CCC(CO)CC2)cc(=O)[nH]1. The van der Waals surface area contributed by atoms with Gasteiger partial charge in [-0.05, 0) is 44.6 Å². The maximum atomic E-state index is 12.4. The van der Waals surface area contributed by atoms with Gasteiger partial charge in [0.1, 0.15) is 0 Å². The number of carbonyl (C=O) groups is 1. The van der Waals surface area contributed by atoms with Crippen LogP contribution in [0, 0.1) is 12.8 Å². The minimum atomic E-state index is -0.245. The Bertz CT molecular complexity index is 530. The van der Waals surface area contributed by atoms with Crippen LogP contribution in [-0.4, -0.2) is 40.6 Å². The standard InChI is InChI=1S/C15H22N2O3/c1-10-7-12(8-14(19)16-10)15(20)17(2)13-5-3-11(9-18)4-6-13/h7-8,11,13,18H,3-6,9H2,1-2H3,(H,16,19). The molecule has 1 aliphatic rings. The van der Waals surface area contributed by atoms with Gasteiger partial charge in [0.15, 0.2) is 0 Å². The lowest BCUT2D eigenvalue weighted by molar-refractivity contribution is 0.0652. The van der Waals surface area contributed by atoms with Crippen LogP contribution in [0.2, 0.25) is 0 Å². The van der Waals surface area contributed by atoms with Crippen LogP contribution in [0.5, 0.6) is 0 Å². The van der Waals surface area contributed by atoms with Crippen LogP contribution in [0.3, 0.4) is 0 Å². The number of H-pyrrole nitrogens is 1. The summed E-state index contributed by atoms with van der Waals surface area (Å²) in [4.78, 5) is 28.2. The number of aromatic nitrogens is 1. The van der Waals surface area contributed by atoms with E-state index in [4.69, 9.17) is 5.11 Å². The quantitative estimate of drug-likeness (QED) is 0.875. The lowest BCUT2D eigenvalue weighted by Gasteiger charge is -2.34. The average Bonchev–Trinajstić information content (AvgIpc) is 2.45. The Morgan fingerprint density at radius 1 is 1.35 bits per heavy atom. The van der Waals surface area contributed by atoms with Crippen molar-refractivity contribution in [3.8, 4) is 0 Å². The van der Waals surface area contributed by atoms with Crippen LogP contribution in [0.4, 0.5) is 0 Å². The predicted octanol–water partition coefficient (Wildman–Crippen LogP) is 1.31. The van der Waals surface area contributed by atoms with E-state index in [9.17, 15) is 9.59 Å². The van der Waals surface area contributed by atoms with E-state index in [1.165, 1.54) is 6.07 Å². The van der Waals surface area contributed by atoms with Crippen molar-refractivity contribution in [2.45, 2.75) is 38.6 Å². The van der Waals surface area contributed by atoms with Crippen LogP contribution < -0.4 is 5.56 Å². The molecule has 0 bridgehead atoms. The number of rotatable bonds is 3. The normalized spacial score (nSPS) is 22.6. The third-order valence-corrected chi connectivity index (χ3v) is 4.17. The van der Waals surface area contributed by atoms with Crippen molar-refractivity contribution >= 4 is 5.91 Å². The summed E-state index contributed by atoms with van der Waals surface area (Å²) < 4.78 is 0. The molecular weight excluding hydrogens is 256 g/mol. The summed E-state index contributed by atoms with van der Waals surface area (Å²) in [6.07, 6.45) is 3.73. The van der Waals surface area contributed by atoms with E-state index < -0.39 is 0 Å². The van der Waals surface area contributed by atoms with Crippen LogP contribution in [0.25, 0.3) is 0 Å². The summed E-state index contributed by atoms with van der Waals surface area (Å²) in [7, 11) is 1.79. The van der Waals surface area contributed by atoms with E-state index in [2.05, 4.69) is 4.98 Å². The van der Waals surface area contributed by atoms with E-state index in [1.807, 2.05) is 0 Å². The van der Waals surface area contributed by atoms with Crippen molar-refractivity contribution in [1.29, 1.82) is 0 Å². The Labute approximate surface area is 118 Å². The monoisotopic (exact) mass is 278 g/mol. The second kappa shape index (κ2) is 6.22. The molecule has 0 aliphatic heterocycles. The average molecular weight is 278 g/mol. The molecule has 1 amide bonds. The molecule has 1 saturated carbocycles. The smallest absolute Gasteiger partial charge is 0.254 e. The third kappa shape index (κ3) is 3.28. The fourth-order valence-corrected chi connectivity index (χ4v) is 2.89. The fraction of sp³-hybridized carbons (Fsp3) is 0.600. The van der Waals surface area contributed by atoms with Gasteiger partial charge in [-0.1, -0.05) is 0 Å². The van der Waals surface area contributed by atoms with Gasteiger partial charge in [0.2, 0.25) is 5.56 Å². The van der Waals surface area contributed by atoms with Crippen molar-refractivity contribution in [3.05, 3.63) is 33.7 Å². The molecule has 0 saturated heterocycles. The van der Waals surface area contributed by atoms with E-state index >= 15 is 0 Å². The maximum Gasteiger partial charge on any atom is 0.254 e. The number of carbonyl (C=O) groups excluding carboxylic acids is 1. The van der Waals surface area contributed by atoms with Crippen LogP contribution in [-0.2, 0) is 0 Å². The molecule has 1 aromatic rings. The summed E-state index contributed by atoms with van der Waals surface area (Å²) >= 11 is 0. The Kier molecular flexibility index (Phi) is 4.60. The second-order valence-electron chi connectivity index (χ2n) is 5.69. The van der Waals surface area contributed by atoms with Crippen molar-refractivity contribution in [1.82, 2.24) is 9.88 Å². The summed E-state index contributed by atoms with van der Waals surface area (Å²) in [6.45, 7) is 2.00. The number of nitrogens with zero attached hydrogens (tertiary/aromatic N) is 1. The highest BCUT2D eigenvalue weighted by atomic mass is 16.3. The van der Waals surface area contributed by atoms with Crippen molar-refractivity contribution in [3.63, 3.8) is 0 Å². The van der Waals surface area contributed by atoms with Crippen molar-refractivity contribution in [2.75, 3.05) is 13.7 Å². The van der Waals surface area contributed by atoms with Gasteiger partial charge < -0.3 is 15.0 Å². The summed E-state index contributed by atoms with van der Waals surface area (Å²) in [6, 6.07) is 3.26. The maximum absolute atomic E-state index is 12.4. The first-order valence-electron chi connectivity index (χ1n) is 7.10. The first-order valence-corrected chi connectivity index (χ1v) is 7.10. The van der Waals surface area contributed by atoms with Gasteiger partial charge in [0, 0.05) is 37.0 Å². The lowest BCUT2D eigenvalue weighted by Crippen LogP contribution is -2.40. The highest BCUT2D eigenvalue weighted by Gasteiger charge is 2.26. The van der Waals surface area contributed by atoms with Gasteiger partial charge in [0.05, 0.1) is 0 Å². The largest absolute Gasteiger partial charge is 0.396 e. The van der Waals surface area contributed by atoms with Crippen LogP contribution in [0.15, 0.2) is 16.9 Å². The number of pyridine rings is 1. The predicted molar refractivity (Wildman–Crippen MR) is 76.7 cm³/mol. The molecule has 1 fully saturated rings. The summed E-state index contributed by atoms with van der Waals surface area (Å²) in [5.74, 6) is 0.267. The molecule has 2 N–H and O–H groups in total. The molecule has 5 nitrogen and oxygen atoms in total. The van der Waals surface area contributed by atoms with Gasteiger partial charge in [-0.15, -0.1) is 0 Å². The molecule has 2 rings (SSSR count). The first kappa shape index (κ1) is 14.8. The Morgan fingerprint density at radius 2 is 2.00 bits per heavy atom. The molecule has 0 aromatic carbocycles. The van der Waals surface area contributed by atoms with Crippen molar-refractivity contribution in [2.24, 2.45) is 5.92 Å². The van der Waals surface area contributed by atoms with Gasteiger partial charge in [0.25, 0.3) is 5.91 Å². The summed E-state index contributed by atoms with van der Waals surface area (Å²) in [5.41, 5.74) is 0.891. The molecular formula is C15H22N2O3. The number of hydrogen-bond donors (Lipinski definition) is 2. The number of amides is 1. The van der Waals surface area contributed by atoms with Crippen LogP contribution in [0.1, 0.15) is 41.7 Å². The van der Waals surface area contributed by atoms with Gasteiger partial charge in [-0.2, -0.15) is 0 Å². The number of aliphatic hydroxyl groups excluding tert-OH is 1. The third-order valence-electron chi connectivity index (χ3n) is 4.17. The molecule has 5 heteroatoms. The van der Waals surface area contributed by atoms with E-state index in [-0.39, 0.29) is 24.1 Å². The molecule has 1 heterocycles. The molecule has 110 valence electrons. The lowest BCUT2D eigenvalue weighted by atomic mass is 9.86. The molecule has 1 aliphatic carbocycles. The number of aliphatic hydroxyl groups is 1. The zero-order chi connectivity index (χ0) is 14.7. The highest BCUT2D eigenvalue weighted by Crippen LogP contribution is 2.27. The Hall–Kier alpha value is -1.62. The minimum absolute atomic E-state index is 0.105. The number of nitrogens with one attached hydrogen (secondary N) is 1. The first-order chi connectivity index (χ1) is 9.51. The van der Waals surface area contributed by atoms with Crippen molar-refractivity contribution < 1.29 is 9.90 Å². The molecule has 0 unspecified atom stereocenters. The zero-order valence-corrected chi connectivity index (χ0v) is 12.1. The van der Waals surface area contributed by atoms with Crippen LogP contribution >= 0.6 is 0 Å². The number of aromatic amines is 1. The molecule has 1 aromatic heterocycles. The number of aryl methyl sites for hydroxylation is 1. The van der Waals surface area contributed by atoms with Gasteiger partial charge >= 0.3 is 0 Å². The molecule has 0 atom stereocenters. The highest BCUT2D eigenvalue weighted by molar-refractivity contribution is 5.94. The fourth-order valence-electron chi connectivity index (χ4n) is 2.89. The second-order valence-corrected chi connectivity index (χ2v) is 5.69. The molecule has 20 heavy (non-hydrogen) atoms. The zero-order valence-electron chi connectivity index (χ0n) is 12.1. The van der Waals surface area contributed by atoms with E-state index in [1.54, 1.807) is 24.9 Å². The Balaban J connectivity index is 2.07. The minimum Gasteiger partial charge on any atom is -0.396 e. The number of hydrogen-bond acceptors (Lipinski definition) is 3. The van der Waals surface area contributed by atoms with E-state index in [0.717, 1.165) is 25.7 Å². The topological polar surface area (TPSA) is 73.4 Å². The molecule has 0 spiro atoms.